The second kappa shape index (κ2) is 5.41. The molecule has 1 rings (SSSR count). The van der Waals surface area contributed by atoms with Gasteiger partial charge in [-0.3, -0.25) is 0 Å². The van der Waals surface area contributed by atoms with Gasteiger partial charge >= 0.3 is 8.26 Å². The lowest BCUT2D eigenvalue weighted by Crippen LogP contribution is -1.63. The Hall–Kier alpha value is -0.250. The fourth-order valence-electron chi connectivity index (χ4n) is 0.385. The summed E-state index contributed by atoms with van der Waals surface area (Å²) in [5.41, 5.74) is 0. The van der Waals surface area contributed by atoms with Gasteiger partial charge in [-0.1, -0.05) is 36.4 Å². The first kappa shape index (κ1) is 10.8. The summed E-state index contributed by atoms with van der Waals surface area (Å²) < 4.78 is 18.3. The van der Waals surface area contributed by atoms with Crippen LogP contribution in [0.15, 0.2) is 36.4 Å². The van der Waals surface area contributed by atoms with E-state index in [-0.39, 0.29) is 0 Å². The summed E-state index contributed by atoms with van der Waals surface area (Å²) in [6.45, 7) is 0. The molecule has 0 saturated heterocycles. The zero-order valence-corrected chi connectivity index (χ0v) is 7.77. The number of rotatable bonds is 0. The molecule has 2 nitrogen and oxygen atoms in total. The lowest BCUT2D eigenvalue weighted by atomic mass is 10.4. The summed E-state index contributed by atoms with van der Waals surface area (Å²) in [4.78, 5) is 0. The van der Waals surface area contributed by atoms with Gasteiger partial charge in [0.15, 0.2) is 0 Å². The van der Waals surface area contributed by atoms with Gasteiger partial charge in [-0.15, -0.1) is 0 Å². The summed E-state index contributed by atoms with van der Waals surface area (Å²) in [5.74, 6) is 0. The Morgan fingerprint density at radius 3 is 0.909 bits per heavy atom. The minimum Gasteiger partial charge on any atom is -0.195 e. The number of hydrogen-bond donors (Lipinski definition) is 0. The molecular formula is C6H6Cl2O2S. The zero-order valence-electron chi connectivity index (χ0n) is 5.44. The number of halogens is 2. The summed E-state index contributed by atoms with van der Waals surface area (Å²) in [6, 6.07) is 12.0. The molecule has 0 aromatic heterocycles. The molecule has 0 aliphatic carbocycles. The lowest BCUT2D eigenvalue weighted by molar-refractivity contribution is 0.621. The molecule has 0 saturated carbocycles. The molecule has 0 radical (unpaired) electrons. The Morgan fingerprint density at radius 2 is 0.818 bits per heavy atom. The van der Waals surface area contributed by atoms with Gasteiger partial charge in [-0.25, -0.2) is 0 Å². The minimum absolute atomic E-state index is 2.00. The third kappa shape index (κ3) is 17.7. The van der Waals surface area contributed by atoms with Crippen LogP contribution in [0.3, 0.4) is 0 Å². The maximum atomic E-state index is 9.16. The van der Waals surface area contributed by atoms with Gasteiger partial charge in [0.1, 0.15) is 0 Å². The van der Waals surface area contributed by atoms with E-state index in [1.807, 2.05) is 36.4 Å². The van der Waals surface area contributed by atoms with Crippen molar-refractivity contribution in [2.24, 2.45) is 0 Å². The van der Waals surface area contributed by atoms with Crippen molar-refractivity contribution >= 4 is 29.6 Å². The Balaban J connectivity index is 0.000000187. The second-order valence-corrected chi connectivity index (χ2v) is 5.20. The highest BCUT2D eigenvalue weighted by molar-refractivity contribution is 8.31. The van der Waals surface area contributed by atoms with Crippen molar-refractivity contribution in [1.29, 1.82) is 0 Å². The molecule has 0 fully saturated rings. The lowest BCUT2D eigenvalue weighted by Gasteiger charge is -1.69. The van der Waals surface area contributed by atoms with Crippen molar-refractivity contribution in [1.82, 2.24) is 0 Å². The fraction of sp³-hybridized carbons (Fsp3) is 0. The molecule has 1 aromatic rings. The van der Waals surface area contributed by atoms with E-state index in [0.29, 0.717) is 0 Å². The number of hydrogen-bond acceptors (Lipinski definition) is 2. The van der Waals surface area contributed by atoms with Gasteiger partial charge in [0.25, 0.3) is 0 Å². The van der Waals surface area contributed by atoms with Crippen LogP contribution in [-0.2, 0) is 8.26 Å². The van der Waals surface area contributed by atoms with Crippen LogP contribution >= 0.6 is 21.4 Å². The summed E-state index contributed by atoms with van der Waals surface area (Å²) in [6.07, 6.45) is 0. The fourth-order valence-corrected chi connectivity index (χ4v) is 0.385. The van der Waals surface area contributed by atoms with Crippen molar-refractivity contribution in [3.05, 3.63) is 36.4 Å². The van der Waals surface area contributed by atoms with Crippen LogP contribution < -0.4 is 0 Å². The smallest absolute Gasteiger partial charge is 0.195 e. The van der Waals surface area contributed by atoms with Gasteiger partial charge in [0, 0.05) is 21.4 Å². The Bertz CT molecular complexity index is 235. The summed E-state index contributed by atoms with van der Waals surface area (Å²) in [5, 5.41) is 0. The van der Waals surface area contributed by atoms with E-state index >= 15 is 0 Å². The first-order valence-corrected chi connectivity index (χ1v) is 5.78. The largest absolute Gasteiger partial charge is 0.317 e. The van der Waals surface area contributed by atoms with Crippen LogP contribution in [0.1, 0.15) is 0 Å². The third-order valence-corrected chi connectivity index (χ3v) is 0.667. The van der Waals surface area contributed by atoms with E-state index in [9.17, 15) is 0 Å². The highest BCUT2D eigenvalue weighted by atomic mass is 36.0. The molecule has 0 aliphatic heterocycles. The molecule has 1 aromatic carbocycles. The van der Waals surface area contributed by atoms with Gasteiger partial charge in [-0.05, 0) is 0 Å². The first-order valence-electron chi connectivity index (χ1n) is 2.64. The predicted molar refractivity (Wildman–Crippen MR) is 47.1 cm³/mol. The summed E-state index contributed by atoms with van der Waals surface area (Å²) in [7, 11) is 4.81. The molecule has 0 heterocycles. The van der Waals surface area contributed by atoms with Crippen LogP contribution in [0, 0.1) is 0 Å². The standard InChI is InChI=1S/C6H6.Cl2O2S/c1-2-4-6-5-3-1;1-5(2,3)4/h1-6H;. The van der Waals surface area contributed by atoms with Crippen molar-refractivity contribution in [2.75, 3.05) is 0 Å². The molecule has 62 valence electrons. The van der Waals surface area contributed by atoms with E-state index in [1.54, 1.807) is 0 Å². The maximum absolute atomic E-state index is 9.16. The van der Waals surface area contributed by atoms with Crippen LogP contribution in [0.5, 0.6) is 0 Å². The van der Waals surface area contributed by atoms with Crippen LogP contribution in [-0.4, -0.2) is 8.42 Å². The Kier molecular flexibility index (Phi) is 5.28. The molecule has 0 aliphatic rings. The first-order chi connectivity index (χ1) is 5.00. The van der Waals surface area contributed by atoms with Gasteiger partial charge < -0.3 is 0 Å². The molecule has 0 amide bonds. The minimum atomic E-state index is -3.72. The Morgan fingerprint density at radius 1 is 0.727 bits per heavy atom. The van der Waals surface area contributed by atoms with Crippen LogP contribution in [0.25, 0.3) is 0 Å². The maximum Gasteiger partial charge on any atom is 0.317 e. The number of benzene rings is 1. The van der Waals surface area contributed by atoms with Crippen molar-refractivity contribution in [2.45, 2.75) is 0 Å². The van der Waals surface area contributed by atoms with E-state index in [1.165, 1.54) is 0 Å². The average molecular weight is 213 g/mol. The topological polar surface area (TPSA) is 34.1 Å². The van der Waals surface area contributed by atoms with E-state index in [0.717, 1.165) is 0 Å². The van der Waals surface area contributed by atoms with Crippen molar-refractivity contribution in [3.63, 3.8) is 0 Å². The van der Waals surface area contributed by atoms with Gasteiger partial charge in [-0.2, -0.15) is 8.42 Å². The quantitative estimate of drug-likeness (QED) is 0.620. The van der Waals surface area contributed by atoms with E-state index in [4.69, 9.17) is 8.42 Å². The molecule has 5 heteroatoms. The predicted octanol–water partition coefficient (Wildman–Crippen LogP) is 2.40. The third-order valence-electron chi connectivity index (χ3n) is 0.667. The van der Waals surface area contributed by atoms with E-state index in [2.05, 4.69) is 21.4 Å². The molecule has 0 spiro atoms. The monoisotopic (exact) mass is 212 g/mol. The summed E-state index contributed by atoms with van der Waals surface area (Å²) >= 11 is 0. The zero-order chi connectivity index (χ0) is 8.74. The van der Waals surface area contributed by atoms with Crippen molar-refractivity contribution in [3.8, 4) is 0 Å². The van der Waals surface area contributed by atoms with Gasteiger partial charge in [0.2, 0.25) is 0 Å². The molecule has 0 atom stereocenters. The van der Waals surface area contributed by atoms with E-state index < -0.39 is 8.26 Å². The highest BCUT2D eigenvalue weighted by Crippen LogP contribution is 1.98. The highest BCUT2D eigenvalue weighted by Gasteiger charge is 1.88. The molecular weight excluding hydrogens is 207 g/mol. The Labute approximate surface area is 74.7 Å². The van der Waals surface area contributed by atoms with Crippen LogP contribution in [0.2, 0.25) is 0 Å². The molecule has 0 unspecified atom stereocenters. The van der Waals surface area contributed by atoms with Crippen LogP contribution in [0.4, 0.5) is 0 Å². The molecule has 11 heavy (non-hydrogen) atoms. The second-order valence-electron chi connectivity index (χ2n) is 1.53. The SMILES string of the molecule is O=S(=O)(Cl)Cl.c1ccccc1. The normalized spacial score (nSPS) is 9.64. The molecule has 0 N–H and O–H groups in total. The van der Waals surface area contributed by atoms with Gasteiger partial charge in [0.05, 0.1) is 0 Å². The average Bonchev–Trinajstić information content (AvgIpc) is 1.88. The molecule has 0 bridgehead atoms. The van der Waals surface area contributed by atoms with Crippen molar-refractivity contribution < 1.29 is 8.42 Å².